The average Bonchev–Trinajstić information content (AvgIpc) is 0.856. The summed E-state index contributed by atoms with van der Waals surface area (Å²) < 4.78 is 92.2. The first-order valence-electron chi connectivity index (χ1n) is 51.7. The Balaban J connectivity index is 0.000000201. The highest BCUT2D eigenvalue weighted by molar-refractivity contribution is 7.06. The zero-order chi connectivity index (χ0) is 103. The van der Waals surface area contributed by atoms with Crippen molar-refractivity contribution in [1.82, 2.24) is 0 Å². The van der Waals surface area contributed by atoms with Crippen molar-refractivity contribution < 1.29 is 25.6 Å². The van der Waals surface area contributed by atoms with Crippen molar-refractivity contribution in [2.75, 3.05) is 0 Å². The first-order chi connectivity index (χ1) is 62.5. The topological polar surface area (TPSA) is 39.4 Å². The fraction of sp³-hybridized carbons (Fsp3) is 0.450. The van der Waals surface area contributed by atoms with Crippen molar-refractivity contribution in [3.05, 3.63) is 277 Å². The van der Waals surface area contributed by atoms with Gasteiger partial charge in [-0.15, -0.1) is 0 Å². The van der Waals surface area contributed by atoms with Gasteiger partial charge < -0.3 is 13.3 Å². The van der Waals surface area contributed by atoms with Crippen LogP contribution in [0.25, 0.3) is 99.2 Å². The molecule has 0 amide bonds. The van der Waals surface area contributed by atoms with E-state index in [1.165, 1.54) is 56.0 Å². The van der Waals surface area contributed by atoms with Gasteiger partial charge in [-0.3, -0.25) is 0 Å². The second-order valence-corrected chi connectivity index (χ2v) is 71.3. The van der Waals surface area contributed by atoms with E-state index in [9.17, 15) is 0 Å². The van der Waals surface area contributed by atoms with Crippen LogP contribution in [0.2, 0.25) is 78.1 Å². The number of hydrogen-bond acceptors (Lipinski definition) is 3. The van der Waals surface area contributed by atoms with Crippen LogP contribution in [0.5, 0.6) is 0 Å². The highest BCUT2D eigenvalue weighted by Crippen LogP contribution is 2.57. The van der Waals surface area contributed by atoms with Gasteiger partial charge in [-0.1, -0.05) is 543 Å². The zero-order valence-corrected chi connectivity index (χ0v) is 90.1. The van der Waals surface area contributed by atoms with Gasteiger partial charge in [0.05, 0.1) is 36.6 Å². The molecule has 14 aromatic rings. The molecule has 14 rings (SSSR count). The van der Waals surface area contributed by atoms with E-state index in [4.69, 9.17) is 25.6 Å². The van der Waals surface area contributed by atoms with Crippen LogP contribution in [0, 0.1) is 6.92 Å². The molecule has 0 saturated carbocycles. The van der Waals surface area contributed by atoms with Crippen molar-refractivity contribution in [1.29, 1.82) is 0 Å². The number of fused-ring (bicyclic) bond motifs is 9. The van der Waals surface area contributed by atoms with Gasteiger partial charge in [-0.05, 0) is 117 Å². The number of furan rings is 3. The van der Waals surface area contributed by atoms with Crippen LogP contribution in [0.4, 0.5) is 0 Å². The number of hydrogen-bond donors (Lipinski definition) is 0. The standard InChI is InChI=1S/C23H22O.2C22H20O.C20H28Si.C13H30Si.2C10H24Si/c1-15-8-5-9-16(14-15)17-10-6-12-19-21(17)22-18(23(2,3)4)11-7-13-20(22)24-19;1-22(2,3)17-12-8-14-19-21(17)20-16(11-7-13-18(20)23-19)15-9-5-4-6-10-15;1-22(2,3)19-14-8-13-18-17-12-7-11-16(20(17)23-21(18)19)15-9-5-4-6-10-15;1-19(2,3)21(20(4,5)6,17-13-9-7-10-14-17)18-15-11-8-12-16-18;1-10(2)14(11(3)4,12(5)6)13(7,8)9;1-9(2,3)11(7,8)10(4,5)6;1-7-11(8-2,9-3)10(4,5)6/h5-14H,1-4H3;2*4-14H,1-3H3;7-16H,1-6H3;10-12H,1-9H3;1-8H3;7-9H2,1-6H3/i5D,8D,9D,14D;;4D,5D,6D,9D,10D;;;;. The largest absolute Gasteiger partial charge is 0.456 e. The van der Waals surface area contributed by atoms with Crippen LogP contribution in [0.15, 0.2) is 268 Å². The van der Waals surface area contributed by atoms with Gasteiger partial charge >= 0.3 is 0 Å². The molecule has 0 radical (unpaired) electrons. The molecule has 7 heteroatoms. The number of para-hydroxylation sites is 2. The number of benzene rings is 11. The normalized spacial score (nSPS) is 14.0. The molecule has 0 unspecified atom stereocenters. The maximum Gasteiger partial charge on any atom is 0.143 e. The van der Waals surface area contributed by atoms with Crippen molar-refractivity contribution in [2.45, 2.75) is 351 Å². The molecule has 11 aromatic carbocycles. The Morgan fingerprint density at radius 3 is 0.976 bits per heavy atom. The van der Waals surface area contributed by atoms with E-state index in [1.807, 2.05) is 60.7 Å². The molecule has 0 N–H and O–H groups in total. The molecule has 0 fully saturated rings. The fourth-order valence-corrected chi connectivity index (χ4v) is 45.6. The van der Waals surface area contributed by atoms with Crippen LogP contribution < -0.4 is 10.4 Å². The smallest absolute Gasteiger partial charge is 0.143 e. The molecule has 0 saturated heterocycles. The molecular formula is C120H168O3Si4. The van der Waals surface area contributed by atoms with Crippen LogP contribution in [0.1, 0.15) is 284 Å². The summed E-state index contributed by atoms with van der Waals surface area (Å²) >= 11 is 0. The number of rotatable bonds is 11. The van der Waals surface area contributed by atoms with Gasteiger partial charge in [-0.25, -0.2) is 0 Å². The summed E-state index contributed by atoms with van der Waals surface area (Å²) in [5.74, 6) is 0. The van der Waals surface area contributed by atoms with Crippen LogP contribution in [-0.2, 0) is 16.2 Å². The van der Waals surface area contributed by atoms with E-state index < -0.39 is 38.3 Å². The van der Waals surface area contributed by atoms with Crippen molar-refractivity contribution in [3.63, 3.8) is 0 Å². The predicted octanol–water partition coefficient (Wildman–Crippen LogP) is 38.9. The van der Waals surface area contributed by atoms with E-state index in [0.29, 0.717) is 53.6 Å². The summed E-state index contributed by atoms with van der Waals surface area (Å²) in [5, 5.41) is 11.9. The lowest BCUT2D eigenvalue weighted by atomic mass is 9.83. The average molecular weight is 1780 g/mol. The van der Waals surface area contributed by atoms with Crippen LogP contribution in [-0.4, -0.2) is 32.3 Å². The molecule has 3 aromatic heterocycles. The lowest BCUT2D eigenvalue weighted by Crippen LogP contribution is -2.69. The maximum absolute atomic E-state index is 8.57. The monoisotopic (exact) mass is 1780 g/mol. The van der Waals surface area contributed by atoms with Crippen molar-refractivity contribution in [2.24, 2.45) is 0 Å². The van der Waals surface area contributed by atoms with Gasteiger partial charge in [0, 0.05) is 43.4 Å². The predicted molar refractivity (Wildman–Crippen MR) is 580 cm³/mol. The summed E-state index contributed by atoms with van der Waals surface area (Å²) in [6, 6.07) is 71.4. The molecule has 0 aliphatic rings. The van der Waals surface area contributed by atoms with Crippen LogP contribution >= 0.6 is 0 Å². The second-order valence-electron chi connectivity index (χ2n) is 46.3. The van der Waals surface area contributed by atoms with Gasteiger partial charge in [0.2, 0.25) is 0 Å². The summed E-state index contributed by atoms with van der Waals surface area (Å²) in [6.45, 7) is 91.5. The zero-order valence-electron chi connectivity index (χ0n) is 95.1. The third kappa shape index (κ3) is 22.5. The van der Waals surface area contributed by atoms with Gasteiger partial charge in [0.25, 0.3) is 0 Å². The molecular weight excluding hydrogens is 1600 g/mol. The third-order valence-electron chi connectivity index (χ3n) is 29.1. The molecule has 3 nitrogen and oxygen atoms in total. The summed E-state index contributed by atoms with van der Waals surface area (Å²) in [7, 11) is -5.21. The van der Waals surface area contributed by atoms with E-state index in [2.05, 4.69) is 396 Å². The Kier molecular flexibility index (Phi) is 29.0. The minimum absolute atomic E-state index is 0.0571. The van der Waals surface area contributed by atoms with Gasteiger partial charge in [-0.2, -0.15) is 0 Å². The molecule has 0 spiro atoms. The Morgan fingerprint density at radius 1 is 0.299 bits per heavy atom. The van der Waals surface area contributed by atoms with E-state index in [0.717, 1.165) is 71.6 Å². The summed E-state index contributed by atoms with van der Waals surface area (Å²) in [4.78, 5) is 0. The minimum atomic E-state index is -1.95. The lowest BCUT2D eigenvalue weighted by Gasteiger charge is -2.52. The summed E-state index contributed by atoms with van der Waals surface area (Å²) in [5.41, 5.74) is 15.3. The minimum Gasteiger partial charge on any atom is -0.456 e. The van der Waals surface area contributed by atoms with Crippen LogP contribution in [0.3, 0.4) is 0 Å². The van der Waals surface area contributed by atoms with Crippen molar-refractivity contribution >= 4 is 108 Å². The SMILES string of the molecule is CC(C)(C)[Si](C)(C)C(C)(C)C.CC(C)(C)[Si](c1ccccc1)(c1ccccc1)C(C)(C)C.CC(C)(C)c1cccc2oc3cccc(-c4ccccc4)c3c12.CC(C)[Si](C(C)C)(C(C)C)C(C)(C)C.CC[Si](CC)(CC)C(C)(C)C.[2H]c1c([2H])c(C)c([2H])c(-c2cccc3oc4cccc(C(C)(C)C)c4c23)c1[2H].[2H]c1c([2H])c([2H])c(-c2cccc3c2oc2c(C(C)(C)C)cccc23)c([2H])c1[2H]. The van der Waals surface area contributed by atoms with Gasteiger partial charge in [0.15, 0.2) is 0 Å². The quantitative estimate of drug-likeness (QED) is 0.121. The molecule has 0 aliphatic heterocycles. The Hall–Kier alpha value is -8.31. The fourth-order valence-electron chi connectivity index (χ4n) is 22.1. The lowest BCUT2D eigenvalue weighted by molar-refractivity contribution is 0.573. The first kappa shape index (κ1) is 90.6. The van der Waals surface area contributed by atoms with Crippen molar-refractivity contribution in [3.8, 4) is 33.4 Å². The van der Waals surface area contributed by atoms with Gasteiger partial charge in [0.1, 0.15) is 41.6 Å². The second kappa shape index (κ2) is 40.6. The Bertz CT molecular complexity index is 6250. The van der Waals surface area contributed by atoms with E-state index in [-0.39, 0.29) is 80.2 Å². The Morgan fingerprint density at radius 2 is 0.638 bits per heavy atom. The molecule has 127 heavy (non-hydrogen) atoms. The molecule has 3 heterocycles. The van der Waals surface area contributed by atoms with E-state index in [1.54, 1.807) is 13.0 Å². The third-order valence-corrected chi connectivity index (χ3v) is 59.0. The Labute approximate surface area is 789 Å². The maximum atomic E-state index is 8.57. The molecule has 682 valence electrons. The molecule has 0 aliphatic carbocycles. The highest BCUT2D eigenvalue weighted by Gasteiger charge is 2.56. The summed E-state index contributed by atoms with van der Waals surface area (Å²) in [6.07, 6.45) is 0. The van der Waals surface area contributed by atoms with E-state index >= 15 is 0 Å². The highest BCUT2D eigenvalue weighted by atomic mass is 28.3. The molecule has 0 bridgehead atoms. The molecule has 0 atom stereocenters. The first-order valence-corrected chi connectivity index (χ1v) is 57.0.